The Bertz CT molecular complexity index is 639. The Labute approximate surface area is 139 Å². The minimum atomic E-state index is -4.31. The molecular formula is C14H25NO6S2. The van der Waals surface area contributed by atoms with Crippen LogP contribution in [0.4, 0.5) is 0 Å². The first-order chi connectivity index (χ1) is 10.4. The van der Waals surface area contributed by atoms with E-state index in [1.54, 1.807) is 19.9 Å². The molecule has 3 unspecified atom stereocenters. The highest BCUT2D eigenvalue weighted by atomic mass is 32.3. The number of aryl methyl sites for hydroxylation is 2. The number of thiophene rings is 1. The number of aliphatic hydroxyl groups is 3. The molecule has 1 saturated heterocycles. The lowest BCUT2D eigenvalue weighted by Gasteiger charge is -2.44. The second kappa shape index (κ2) is 6.16. The van der Waals surface area contributed by atoms with Crippen LogP contribution in [0.5, 0.6) is 0 Å². The van der Waals surface area contributed by atoms with Crippen molar-refractivity contribution in [2.75, 3.05) is 12.8 Å². The van der Waals surface area contributed by atoms with Crippen LogP contribution in [0, 0.1) is 13.8 Å². The third kappa shape index (κ3) is 3.83. The van der Waals surface area contributed by atoms with E-state index in [0.717, 1.165) is 9.75 Å². The van der Waals surface area contributed by atoms with Crippen LogP contribution >= 0.6 is 11.3 Å². The Kier molecular flexibility index (Phi) is 5.07. The lowest BCUT2D eigenvalue weighted by Crippen LogP contribution is -2.61. The molecular weight excluding hydrogens is 342 g/mol. The zero-order valence-electron chi connectivity index (χ0n) is 13.6. The molecule has 0 bridgehead atoms. The highest BCUT2D eigenvalue weighted by Gasteiger charge is 2.42. The highest BCUT2D eigenvalue weighted by Crippen LogP contribution is 2.34. The van der Waals surface area contributed by atoms with Gasteiger partial charge in [0.25, 0.3) is 0 Å². The topological polar surface area (TPSA) is 119 Å². The summed E-state index contributed by atoms with van der Waals surface area (Å²) in [6, 6.07) is 1.67. The Hall–Kier alpha value is -0.390. The van der Waals surface area contributed by atoms with E-state index in [-0.39, 0.29) is 6.54 Å². The fourth-order valence-corrected chi connectivity index (χ4v) is 6.20. The molecule has 1 aliphatic heterocycles. The van der Waals surface area contributed by atoms with Crippen molar-refractivity contribution >= 4 is 20.9 Å². The van der Waals surface area contributed by atoms with E-state index < -0.39 is 40.1 Å². The molecule has 134 valence electrons. The Balaban J connectivity index is 2.15. The molecule has 1 aliphatic rings. The fraction of sp³-hybridized carbons (Fsp3) is 0.714. The minimum Gasteiger partial charge on any atom is -0.388 e. The second-order valence-electron chi connectivity index (χ2n) is 6.26. The van der Waals surface area contributed by atoms with Crippen molar-refractivity contribution in [3.8, 4) is 0 Å². The minimum absolute atomic E-state index is 0.137. The first kappa shape index (κ1) is 18.9. The van der Waals surface area contributed by atoms with Gasteiger partial charge in [0.15, 0.2) is 0 Å². The van der Waals surface area contributed by atoms with E-state index in [4.69, 9.17) is 4.74 Å². The number of hydrogen-bond donors (Lipinski definition) is 5. The number of nitrogens with one attached hydrogen (secondary N) is 1. The standard InChI is InChI=1S/C14H25NO6S2/c1-7-5-11(9(3)22-7)23(4,19,20)15-6-10-13(17)14(18)12(16)8(2)21-10/h5,8,10,12-14,16-18H,6H2,1-4H3,(H2,15,19,20)/t8?,10-,12-,13?,14?/m1/s1. The summed E-state index contributed by atoms with van der Waals surface area (Å²) >= 11 is 1.43. The van der Waals surface area contributed by atoms with E-state index in [9.17, 15) is 24.1 Å². The maximum atomic E-state index is 13.0. The summed E-state index contributed by atoms with van der Waals surface area (Å²) in [7, 11) is -4.31. The molecule has 0 saturated carbocycles. The van der Waals surface area contributed by atoms with Gasteiger partial charge in [0, 0.05) is 22.6 Å². The Morgan fingerprint density at radius 3 is 2.39 bits per heavy atom. The summed E-state index contributed by atoms with van der Waals surface area (Å²) in [4.78, 5) is 1.99. The van der Waals surface area contributed by atoms with Gasteiger partial charge in [0.1, 0.15) is 24.4 Å². The van der Waals surface area contributed by atoms with Crippen LogP contribution in [0.1, 0.15) is 16.7 Å². The highest BCUT2D eigenvalue weighted by molar-refractivity contribution is 8.13. The van der Waals surface area contributed by atoms with Gasteiger partial charge in [-0.1, -0.05) is 0 Å². The lowest BCUT2D eigenvalue weighted by atomic mass is 9.96. The van der Waals surface area contributed by atoms with Gasteiger partial charge >= 0.3 is 0 Å². The summed E-state index contributed by atoms with van der Waals surface area (Å²) in [5, 5.41) is 29.5. The summed E-state index contributed by atoms with van der Waals surface area (Å²) in [6.07, 6.45) is -4.27. The van der Waals surface area contributed by atoms with Gasteiger partial charge in [0.05, 0.1) is 11.0 Å². The molecule has 0 amide bonds. The maximum absolute atomic E-state index is 13.0. The molecule has 2 heterocycles. The largest absolute Gasteiger partial charge is 0.388 e. The number of ether oxygens (including phenoxy) is 1. The molecule has 1 aromatic heterocycles. The molecule has 1 aromatic rings. The number of rotatable bonds is 4. The van der Waals surface area contributed by atoms with Gasteiger partial charge in [-0.15, -0.1) is 20.9 Å². The molecule has 7 nitrogen and oxygen atoms in total. The lowest BCUT2D eigenvalue weighted by molar-refractivity contribution is -0.214. The van der Waals surface area contributed by atoms with Crippen molar-refractivity contribution in [2.45, 2.75) is 56.2 Å². The van der Waals surface area contributed by atoms with Gasteiger partial charge in [-0.25, -0.2) is 4.72 Å². The molecule has 9 heteroatoms. The summed E-state index contributed by atoms with van der Waals surface area (Å²) in [5.74, 6) is 0. The van der Waals surface area contributed by atoms with Crippen molar-refractivity contribution in [3.63, 3.8) is 0 Å². The van der Waals surface area contributed by atoms with E-state index in [1.165, 1.54) is 17.6 Å². The van der Waals surface area contributed by atoms with Crippen molar-refractivity contribution in [2.24, 2.45) is 0 Å². The van der Waals surface area contributed by atoms with E-state index in [1.807, 2.05) is 6.92 Å². The van der Waals surface area contributed by atoms with Crippen molar-refractivity contribution in [3.05, 3.63) is 15.8 Å². The van der Waals surface area contributed by atoms with Crippen LogP contribution in [0.15, 0.2) is 11.0 Å². The maximum Gasteiger partial charge on any atom is 0.111 e. The molecule has 23 heavy (non-hydrogen) atoms. The molecule has 5 atom stereocenters. The van der Waals surface area contributed by atoms with Gasteiger partial charge < -0.3 is 20.1 Å². The van der Waals surface area contributed by atoms with Crippen molar-refractivity contribution in [1.29, 1.82) is 0 Å². The van der Waals surface area contributed by atoms with E-state index in [0.29, 0.717) is 4.90 Å². The van der Waals surface area contributed by atoms with Crippen LogP contribution in [-0.2, 0) is 14.3 Å². The predicted molar refractivity (Wildman–Crippen MR) is 89.1 cm³/mol. The number of hydrogen-bond acceptors (Lipinski definition) is 6. The first-order valence-electron chi connectivity index (χ1n) is 7.32. The Morgan fingerprint density at radius 1 is 1.26 bits per heavy atom. The summed E-state index contributed by atoms with van der Waals surface area (Å²) < 4.78 is 31.7. The van der Waals surface area contributed by atoms with Crippen LogP contribution in [0.3, 0.4) is 0 Å². The SMILES string of the molecule is Cc1cc(S(C)(=O)(O)NC[C@H]2OC(C)[C@@H](O)C(O)C2O)c(C)s1. The van der Waals surface area contributed by atoms with Gasteiger partial charge in [0.2, 0.25) is 0 Å². The normalized spacial score (nSPS) is 34.1. The first-order valence-corrected chi connectivity index (χ1v) is 10.5. The third-order valence-corrected chi connectivity index (χ3v) is 7.49. The molecule has 0 radical (unpaired) electrons. The predicted octanol–water partition coefficient (Wildman–Crippen LogP) is 0.0213. The zero-order valence-corrected chi connectivity index (χ0v) is 15.2. The van der Waals surface area contributed by atoms with Crippen LogP contribution in [0.2, 0.25) is 0 Å². The quantitative estimate of drug-likeness (QED) is 0.512. The third-order valence-electron chi connectivity index (χ3n) is 4.09. The second-order valence-corrected chi connectivity index (χ2v) is 11.0. The van der Waals surface area contributed by atoms with Gasteiger partial charge in [-0.3, -0.25) is 4.55 Å². The van der Waals surface area contributed by atoms with E-state index >= 15 is 0 Å². The summed E-state index contributed by atoms with van der Waals surface area (Å²) in [6.45, 7) is 5.06. The van der Waals surface area contributed by atoms with Crippen LogP contribution in [-0.4, -0.2) is 67.4 Å². The Morgan fingerprint density at radius 2 is 1.87 bits per heavy atom. The average molecular weight is 367 g/mol. The van der Waals surface area contributed by atoms with Gasteiger partial charge in [-0.2, -0.15) is 4.21 Å². The van der Waals surface area contributed by atoms with Crippen molar-refractivity contribution < 1.29 is 28.8 Å². The molecule has 2 rings (SSSR count). The van der Waals surface area contributed by atoms with Crippen LogP contribution in [0.25, 0.3) is 0 Å². The van der Waals surface area contributed by atoms with Gasteiger partial charge in [-0.05, 0) is 26.8 Å². The average Bonchev–Trinajstić information content (AvgIpc) is 2.79. The van der Waals surface area contributed by atoms with Crippen molar-refractivity contribution in [1.82, 2.24) is 4.72 Å². The molecule has 0 aliphatic carbocycles. The smallest absolute Gasteiger partial charge is 0.111 e. The molecule has 0 spiro atoms. The monoisotopic (exact) mass is 367 g/mol. The number of aliphatic hydroxyl groups excluding tert-OH is 3. The molecule has 0 aromatic carbocycles. The fourth-order valence-electron chi connectivity index (χ4n) is 2.75. The molecule has 5 N–H and O–H groups in total. The molecule has 1 fully saturated rings. The zero-order chi connectivity index (χ0) is 17.6. The van der Waals surface area contributed by atoms with Crippen LogP contribution < -0.4 is 4.72 Å². The summed E-state index contributed by atoms with van der Waals surface area (Å²) in [5.41, 5.74) is 0. The van der Waals surface area contributed by atoms with E-state index in [2.05, 4.69) is 4.72 Å².